The van der Waals surface area contributed by atoms with E-state index in [4.69, 9.17) is 4.74 Å². The minimum Gasteiger partial charge on any atom is -0.375 e. The van der Waals surface area contributed by atoms with E-state index < -0.39 is 0 Å². The fourth-order valence-electron chi connectivity index (χ4n) is 1.63. The van der Waals surface area contributed by atoms with Gasteiger partial charge < -0.3 is 9.64 Å². The van der Waals surface area contributed by atoms with Crippen LogP contribution in [0, 0.1) is 0 Å². The molecule has 4 nitrogen and oxygen atoms in total. The van der Waals surface area contributed by atoms with Crippen LogP contribution in [0.25, 0.3) is 0 Å². The summed E-state index contributed by atoms with van der Waals surface area (Å²) in [6.07, 6.45) is 1.13. The number of nitrogens with zero attached hydrogens (tertiary/aromatic N) is 2. The van der Waals surface area contributed by atoms with E-state index >= 15 is 0 Å². The van der Waals surface area contributed by atoms with Gasteiger partial charge in [0, 0.05) is 18.5 Å². The first kappa shape index (κ1) is 10.6. The molecule has 1 aliphatic heterocycles. The van der Waals surface area contributed by atoms with E-state index in [1.165, 1.54) is 11.3 Å². The molecule has 1 aromatic rings. The van der Waals surface area contributed by atoms with Gasteiger partial charge in [-0.2, -0.15) is 0 Å². The summed E-state index contributed by atoms with van der Waals surface area (Å²) in [5, 5.41) is 1.79. The molecule has 0 radical (unpaired) electrons. The van der Waals surface area contributed by atoms with Crippen LogP contribution in [0.5, 0.6) is 0 Å². The molecule has 0 saturated carbocycles. The second-order valence-electron chi connectivity index (χ2n) is 3.53. The third kappa shape index (κ3) is 2.35. The second kappa shape index (κ2) is 4.72. The topological polar surface area (TPSA) is 42.4 Å². The molecule has 1 atom stereocenters. The molecule has 2 heterocycles. The van der Waals surface area contributed by atoms with Crippen molar-refractivity contribution in [2.24, 2.45) is 0 Å². The quantitative estimate of drug-likeness (QED) is 0.765. The van der Waals surface area contributed by atoms with Crippen LogP contribution in [-0.4, -0.2) is 41.6 Å². The zero-order valence-electron chi connectivity index (χ0n) is 8.68. The SMILES string of the molecule is CCC1CN(C(=O)c2cscn2)CCO1. The number of hydrogen-bond acceptors (Lipinski definition) is 4. The average Bonchev–Trinajstić information content (AvgIpc) is 2.81. The van der Waals surface area contributed by atoms with Crippen LogP contribution in [0.2, 0.25) is 0 Å². The van der Waals surface area contributed by atoms with Crippen LogP contribution in [-0.2, 0) is 4.74 Å². The maximum absolute atomic E-state index is 11.9. The summed E-state index contributed by atoms with van der Waals surface area (Å²) in [6.45, 7) is 4.07. The van der Waals surface area contributed by atoms with E-state index in [0.717, 1.165) is 6.42 Å². The molecule has 2 rings (SSSR count). The molecule has 1 amide bonds. The van der Waals surface area contributed by atoms with Crippen molar-refractivity contribution in [3.05, 3.63) is 16.6 Å². The Hall–Kier alpha value is -0.940. The fourth-order valence-corrected chi connectivity index (χ4v) is 2.16. The summed E-state index contributed by atoms with van der Waals surface area (Å²) >= 11 is 1.45. The van der Waals surface area contributed by atoms with Crippen LogP contribution in [0.1, 0.15) is 23.8 Å². The Balaban J connectivity index is 2.01. The zero-order chi connectivity index (χ0) is 10.7. The number of carbonyl (C=O) groups is 1. The molecular weight excluding hydrogens is 212 g/mol. The molecule has 5 heteroatoms. The summed E-state index contributed by atoms with van der Waals surface area (Å²) in [4.78, 5) is 17.8. The maximum atomic E-state index is 11.9. The van der Waals surface area contributed by atoms with Crippen molar-refractivity contribution in [2.45, 2.75) is 19.4 Å². The number of amides is 1. The molecular formula is C10H14N2O2S. The van der Waals surface area contributed by atoms with E-state index in [9.17, 15) is 4.79 Å². The molecule has 1 unspecified atom stereocenters. The monoisotopic (exact) mass is 226 g/mol. The lowest BCUT2D eigenvalue weighted by molar-refractivity contribution is -0.0227. The van der Waals surface area contributed by atoms with Gasteiger partial charge in [-0.15, -0.1) is 11.3 Å². The molecule has 0 spiro atoms. The Labute approximate surface area is 92.9 Å². The van der Waals surface area contributed by atoms with Gasteiger partial charge in [0.1, 0.15) is 5.69 Å². The Morgan fingerprint density at radius 1 is 1.80 bits per heavy atom. The third-order valence-corrected chi connectivity index (χ3v) is 3.12. The molecule has 1 fully saturated rings. The molecule has 0 aliphatic carbocycles. The van der Waals surface area contributed by atoms with E-state index in [1.54, 1.807) is 10.9 Å². The number of morpholine rings is 1. The summed E-state index contributed by atoms with van der Waals surface area (Å²) in [7, 11) is 0. The number of ether oxygens (including phenoxy) is 1. The molecule has 0 bridgehead atoms. The van der Waals surface area contributed by atoms with Crippen molar-refractivity contribution in [3.63, 3.8) is 0 Å². The Morgan fingerprint density at radius 2 is 2.67 bits per heavy atom. The van der Waals surface area contributed by atoms with Crippen molar-refractivity contribution in [1.29, 1.82) is 0 Å². The predicted octanol–water partition coefficient (Wildman–Crippen LogP) is 1.39. The Bertz CT molecular complexity index is 326. The largest absolute Gasteiger partial charge is 0.375 e. The van der Waals surface area contributed by atoms with E-state index in [2.05, 4.69) is 11.9 Å². The number of carbonyl (C=O) groups excluding carboxylic acids is 1. The van der Waals surface area contributed by atoms with Crippen molar-refractivity contribution >= 4 is 17.2 Å². The summed E-state index contributed by atoms with van der Waals surface area (Å²) < 4.78 is 5.51. The Kier molecular flexibility index (Phi) is 3.33. The molecule has 0 N–H and O–H groups in total. The first-order valence-corrected chi connectivity index (χ1v) is 6.04. The first-order valence-electron chi connectivity index (χ1n) is 5.10. The standard InChI is InChI=1S/C10H14N2O2S/c1-2-8-5-12(3-4-14-8)10(13)9-6-15-7-11-9/h6-8H,2-5H2,1H3. The normalized spacial score (nSPS) is 21.7. The van der Waals surface area contributed by atoms with Crippen LogP contribution in [0.15, 0.2) is 10.9 Å². The van der Waals surface area contributed by atoms with E-state index in [1.807, 2.05) is 4.90 Å². The van der Waals surface area contributed by atoms with Gasteiger partial charge in [-0.3, -0.25) is 4.79 Å². The highest BCUT2D eigenvalue weighted by atomic mass is 32.1. The summed E-state index contributed by atoms with van der Waals surface area (Å²) in [6, 6.07) is 0. The van der Waals surface area contributed by atoms with Crippen molar-refractivity contribution in [3.8, 4) is 0 Å². The van der Waals surface area contributed by atoms with Gasteiger partial charge in [-0.25, -0.2) is 4.98 Å². The van der Waals surface area contributed by atoms with Crippen LogP contribution < -0.4 is 0 Å². The van der Waals surface area contributed by atoms with Gasteiger partial charge >= 0.3 is 0 Å². The lowest BCUT2D eigenvalue weighted by Crippen LogP contribution is -2.45. The first-order chi connectivity index (χ1) is 7.31. The lowest BCUT2D eigenvalue weighted by atomic mass is 10.2. The second-order valence-corrected chi connectivity index (χ2v) is 4.24. The van der Waals surface area contributed by atoms with Gasteiger partial charge in [0.15, 0.2) is 0 Å². The lowest BCUT2D eigenvalue weighted by Gasteiger charge is -2.32. The Morgan fingerprint density at radius 3 is 3.33 bits per heavy atom. The van der Waals surface area contributed by atoms with Crippen LogP contribution >= 0.6 is 11.3 Å². The van der Waals surface area contributed by atoms with Crippen LogP contribution in [0.3, 0.4) is 0 Å². The molecule has 82 valence electrons. The van der Waals surface area contributed by atoms with E-state index in [0.29, 0.717) is 25.4 Å². The van der Waals surface area contributed by atoms with Gasteiger partial charge in [-0.05, 0) is 6.42 Å². The van der Waals surface area contributed by atoms with Crippen molar-refractivity contribution < 1.29 is 9.53 Å². The number of thiazole rings is 1. The average molecular weight is 226 g/mol. The maximum Gasteiger partial charge on any atom is 0.273 e. The number of aromatic nitrogens is 1. The highest BCUT2D eigenvalue weighted by Crippen LogP contribution is 2.12. The van der Waals surface area contributed by atoms with Crippen LogP contribution in [0.4, 0.5) is 0 Å². The van der Waals surface area contributed by atoms with Crippen molar-refractivity contribution in [1.82, 2.24) is 9.88 Å². The molecule has 0 aromatic carbocycles. The number of rotatable bonds is 2. The summed E-state index contributed by atoms with van der Waals surface area (Å²) in [5.41, 5.74) is 2.24. The van der Waals surface area contributed by atoms with E-state index in [-0.39, 0.29) is 12.0 Å². The fraction of sp³-hybridized carbons (Fsp3) is 0.600. The number of hydrogen-bond donors (Lipinski definition) is 0. The zero-order valence-corrected chi connectivity index (χ0v) is 9.50. The highest BCUT2D eigenvalue weighted by molar-refractivity contribution is 7.07. The minimum absolute atomic E-state index is 0.0259. The van der Waals surface area contributed by atoms with Gasteiger partial charge in [0.25, 0.3) is 5.91 Å². The highest BCUT2D eigenvalue weighted by Gasteiger charge is 2.24. The smallest absolute Gasteiger partial charge is 0.273 e. The molecule has 15 heavy (non-hydrogen) atoms. The summed E-state index contributed by atoms with van der Waals surface area (Å²) in [5.74, 6) is 0.0259. The molecule has 1 aromatic heterocycles. The third-order valence-electron chi connectivity index (χ3n) is 2.53. The van der Waals surface area contributed by atoms with Gasteiger partial charge in [-0.1, -0.05) is 6.92 Å². The van der Waals surface area contributed by atoms with Crippen molar-refractivity contribution in [2.75, 3.05) is 19.7 Å². The minimum atomic E-state index is 0.0259. The molecule has 1 aliphatic rings. The van der Waals surface area contributed by atoms with Gasteiger partial charge in [0.2, 0.25) is 0 Å². The molecule has 1 saturated heterocycles. The van der Waals surface area contributed by atoms with Gasteiger partial charge in [0.05, 0.1) is 18.2 Å². The predicted molar refractivity (Wildman–Crippen MR) is 58.0 cm³/mol.